The highest BCUT2D eigenvalue weighted by atomic mass is 16.5. The Bertz CT molecular complexity index is 1020. The maximum Gasteiger partial charge on any atom is 0.207 e. The molecule has 0 aliphatic carbocycles. The molecule has 0 spiro atoms. The van der Waals surface area contributed by atoms with Gasteiger partial charge in [-0.15, -0.1) is 0 Å². The number of hydrogen-bond acceptors (Lipinski definition) is 2. The predicted molar refractivity (Wildman–Crippen MR) is 132 cm³/mol. The van der Waals surface area contributed by atoms with Crippen LogP contribution in [0.25, 0.3) is 10.8 Å². The molecular formula is C28H38NO2+. The molecule has 1 aliphatic rings. The molecule has 0 bridgehead atoms. The second-order valence-corrected chi connectivity index (χ2v) is 10.00. The summed E-state index contributed by atoms with van der Waals surface area (Å²) in [6.45, 7) is 20.0. The Morgan fingerprint density at radius 1 is 1.23 bits per heavy atom. The molecule has 2 unspecified atom stereocenters. The lowest BCUT2D eigenvalue weighted by atomic mass is 9.73. The predicted octanol–water partition coefficient (Wildman–Crippen LogP) is 6.50. The van der Waals surface area contributed by atoms with Crippen molar-refractivity contribution in [1.82, 2.24) is 0 Å². The van der Waals surface area contributed by atoms with E-state index in [4.69, 9.17) is 4.74 Å². The molecule has 2 aromatic rings. The van der Waals surface area contributed by atoms with Crippen LogP contribution in [0.5, 0.6) is 0 Å². The third kappa shape index (κ3) is 4.34. The van der Waals surface area contributed by atoms with Crippen LogP contribution >= 0.6 is 0 Å². The molecule has 0 saturated carbocycles. The molecule has 3 rings (SSSR count). The van der Waals surface area contributed by atoms with E-state index < -0.39 is 0 Å². The third-order valence-electron chi connectivity index (χ3n) is 6.47. The summed E-state index contributed by atoms with van der Waals surface area (Å²) in [5, 5.41) is 12.8. The fraction of sp³-hybridized carbons (Fsp3) is 0.464. The highest BCUT2D eigenvalue weighted by molar-refractivity contribution is 6.10. The second-order valence-electron chi connectivity index (χ2n) is 10.00. The lowest BCUT2D eigenvalue weighted by Gasteiger charge is -2.36. The van der Waals surface area contributed by atoms with Crippen LogP contribution in [0.3, 0.4) is 0 Å². The minimum absolute atomic E-state index is 0.0157. The second kappa shape index (κ2) is 9.00. The normalized spacial score (nSPS) is 19.1. The summed E-state index contributed by atoms with van der Waals surface area (Å²) in [7, 11) is 1.76. The number of aliphatic hydroxyl groups excluding tert-OH is 1. The van der Waals surface area contributed by atoms with Crippen LogP contribution < -0.4 is 0 Å². The first-order valence-electron chi connectivity index (χ1n) is 11.3. The molecule has 2 atom stereocenters. The molecule has 1 aliphatic heterocycles. The summed E-state index contributed by atoms with van der Waals surface area (Å²) in [6.07, 6.45) is 3.40. The first-order chi connectivity index (χ1) is 14.6. The van der Waals surface area contributed by atoms with E-state index in [2.05, 4.69) is 82.7 Å². The van der Waals surface area contributed by atoms with Crippen LogP contribution in [0.4, 0.5) is 0 Å². The largest absolute Gasteiger partial charge is 0.513 e. The van der Waals surface area contributed by atoms with Gasteiger partial charge in [0.1, 0.15) is 6.04 Å². The summed E-state index contributed by atoms with van der Waals surface area (Å²) < 4.78 is 7.95. The van der Waals surface area contributed by atoms with Crippen molar-refractivity contribution in [2.24, 2.45) is 0 Å². The van der Waals surface area contributed by atoms with Crippen molar-refractivity contribution in [3.05, 3.63) is 72.0 Å². The average Bonchev–Trinajstić information content (AvgIpc) is 2.69. The van der Waals surface area contributed by atoms with Crippen molar-refractivity contribution in [3.8, 4) is 0 Å². The van der Waals surface area contributed by atoms with Crippen molar-refractivity contribution < 1.29 is 14.4 Å². The van der Waals surface area contributed by atoms with Crippen molar-refractivity contribution in [2.45, 2.75) is 70.9 Å². The Balaban J connectivity index is 2.47. The highest BCUT2D eigenvalue weighted by Crippen LogP contribution is 2.43. The molecule has 0 radical (unpaired) electrons. The van der Waals surface area contributed by atoms with Crippen LogP contribution in [0.15, 0.2) is 55.3 Å². The number of allylic oxidation sites excluding steroid dienone is 1. The van der Waals surface area contributed by atoms with Gasteiger partial charge in [0, 0.05) is 25.7 Å². The molecule has 1 heterocycles. The van der Waals surface area contributed by atoms with E-state index in [1.807, 2.05) is 6.08 Å². The number of benzene rings is 2. The van der Waals surface area contributed by atoms with Gasteiger partial charge in [0.15, 0.2) is 6.04 Å². The zero-order valence-electron chi connectivity index (χ0n) is 20.0. The molecule has 0 fully saturated rings. The Morgan fingerprint density at radius 2 is 1.87 bits per heavy atom. The van der Waals surface area contributed by atoms with Crippen LogP contribution in [-0.4, -0.2) is 41.2 Å². The van der Waals surface area contributed by atoms with Gasteiger partial charge in [0.05, 0.1) is 17.7 Å². The van der Waals surface area contributed by atoms with Gasteiger partial charge in [-0.1, -0.05) is 58.2 Å². The molecule has 3 heteroatoms. The number of ether oxygens (including phenoxy) is 1. The number of rotatable bonds is 7. The average molecular weight is 421 g/mol. The lowest BCUT2D eigenvalue weighted by molar-refractivity contribution is -0.599. The monoisotopic (exact) mass is 420 g/mol. The number of fused-ring (bicyclic) bond motifs is 3. The molecule has 3 nitrogen and oxygen atoms in total. The van der Waals surface area contributed by atoms with Crippen molar-refractivity contribution in [1.29, 1.82) is 0 Å². The highest BCUT2D eigenvalue weighted by Gasteiger charge is 2.43. The maximum atomic E-state index is 10.2. The SMILES string of the molecule is C=CC1=[N+](C(C)C)C(CC(=C)O)C(CCOC)c2c1cc(C(C)(C)C)c1ccccc21. The third-order valence-corrected chi connectivity index (χ3v) is 6.47. The minimum atomic E-state index is 0.0157. The fourth-order valence-corrected chi connectivity index (χ4v) is 5.27. The van der Waals surface area contributed by atoms with Crippen molar-refractivity contribution in [3.63, 3.8) is 0 Å². The molecular weight excluding hydrogens is 382 g/mol. The van der Waals surface area contributed by atoms with Gasteiger partial charge in [-0.2, -0.15) is 0 Å². The standard InChI is InChI=1S/C28H37NO2/c1-9-25-23-17-24(28(5,6)7)20-12-10-11-13-21(20)27(23)22(14-15-31-8)26(16-19(4)30)29(25)18(2)3/h9-13,17-18,22,26H,1,4,14-16H2,2-3,5-8H3/p+1. The molecule has 31 heavy (non-hydrogen) atoms. The van der Waals surface area contributed by atoms with E-state index in [-0.39, 0.29) is 29.2 Å². The zero-order valence-corrected chi connectivity index (χ0v) is 20.0. The van der Waals surface area contributed by atoms with E-state index in [1.165, 1.54) is 27.5 Å². The molecule has 0 saturated heterocycles. The van der Waals surface area contributed by atoms with Gasteiger partial charge in [0.25, 0.3) is 0 Å². The van der Waals surface area contributed by atoms with Gasteiger partial charge < -0.3 is 9.84 Å². The van der Waals surface area contributed by atoms with Crippen LogP contribution in [0, 0.1) is 0 Å². The summed E-state index contributed by atoms with van der Waals surface area (Å²) in [5.41, 5.74) is 5.11. The van der Waals surface area contributed by atoms with Crippen LogP contribution in [0.1, 0.15) is 70.1 Å². The van der Waals surface area contributed by atoms with Gasteiger partial charge in [-0.25, -0.2) is 4.58 Å². The molecule has 0 aromatic heterocycles. The first-order valence-corrected chi connectivity index (χ1v) is 11.3. The summed E-state index contributed by atoms with van der Waals surface area (Å²) in [6, 6.07) is 11.5. The van der Waals surface area contributed by atoms with E-state index in [0.29, 0.717) is 13.0 Å². The van der Waals surface area contributed by atoms with Gasteiger partial charge >= 0.3 is 0 Å². The number of aliphatic hydroxyl groups is 1. The van der Waals surface area contributed by atoms with Crippen LogP contribution in [-0.2, 0) is 10.2 Å². The van der Waals surface area contributed by atoms with E-state index in [1.54, 1.807) is 7.11 Å². The number of methoxy groups -OCH3 is 1. The first kappa shape index (κ1) is 23.3. The lowest BCUT2D eigenvalue weighted by Crippen LogP contribution is -2.45. The Labute approximate surface area is 187 Å². The summed E-state index contributed by atoms with van der Waals surface area (Å²) in [5.74, 6) is 0.435. The van der Waals surface area contributed by atoms with Crippen molar-refractivity contribution in [2.75, 3.05) is 13.7 Å². The zero-order chi connectivity index (χ0) is 22.9. The van der Waals surface area contributed by atoms with E-state index in [9.17, 15) is 5.11 Å². The molecule has 1 N–H and O–H groups in total. The smallest absolute Gasteiger partial charge is 0.207 e. The van der Waals surface area contributed by atoms with Crippen molar-refractivity contribution >= 4 is 16.5 Å². The molecule has 0 amide bonds. The number of nitrogens with zero attached hydrogens (tertiary/aromatic N) is 1. The Kier molecular flexibility index (Phi) is 6.76. The van der Waals surface area contributed by atoms with Gasteiger partial charge in [-0.3, -0.25) is 0 Å². The summed E-state index contributed by atoms with van der Waals surface area (Å²) >= 11 is 0. The Morgan fingerprint density at radius 3 is 2.39 bits per heavy atom. The quantitative estimate of drug-likeness (QED) is 0.410. The van der Waals surface area contributed by atoms with Gasteiger partial charge in [-0.05, 0) is 53.6 Å². The molecule has 166 valence electrons. The fourth-order valence-electron chi connectivity index (χ4n) is 5.27. The molecule has 2 aromatic carbocycles. The van der Waals surface area contributed by atoms with E-state index >= 15 is 0 Å². The van der Waals surface area contributed by atoms with Crippen LogP contribution in [0.2, 0.25) is 0 Å². The Hall–Kier alpha value is -2.39. The minimum Gasteiger partial charge on any atom is -0.513 e. The number of hydrogen-bond donors (Lipinski definition) is 1. The van der Waals surface area contributed by atoms with E-state index in [0.717, 1.165) is 12.1 Å². The maximum absolute atomic E-state index is 10.2. The summed E-state index contributed by atoms with van der Waals surface area (Å²) in [4.78, 5) is 0. The topological polar surface area (TPSA) is 32.5 Å². The van der Waals surface area contributed by atoms with Gasteiger partial charge in [0.2, 0.25) is 5.71 Å².